The van der Waals surface area contributed by atoms with Crippen molar-refractivity contribution < 1.29 is 37.4 Å². The van der Waals surface area contributed by atoms with Gasteiger partial charge in [-0.15, -0.1) is 0 Å². The van der Waals surface area contributed by atoms with E-state index in [2.05, 4.69) is 26.1 Å². The lowest BCUT2D eigenvalue weighted by Gasteiger charge is -2.59. The second-order valence-electron chi connectivity index (χ2n) is 12.7. The highest BCUT2D eigenvalue weighted by Crippen LogP contribution is 2.51. The van der Waals surface area contributed by atoms with Gasteiger partial charge in [0.25, 0.3) is 5.91 Å². The third kappa shape index (κ3) is 8.00. The van der Waals surface area contributed by atoms with Crippen LogP contribution in [0.5, 0.6) is 5.75 Å². The van der Waals surface area contributed by atoms with Crippen LogP contribution in [0.25, 0.3) is 0 Å². The predicted octanol–water partition coefficient (Wildman–Crippen LogP) is 6.64. The van der Waals surface area contributed by atoms with Gasteiger partial charge in [-0.2, -0.15) is 13.2 Å². The van der Waals surface area contributed by atoms with E-state index in [9.17, 15) is 27.6 Å². The molecule has 0 radical (unpaired) electrons. The van der Waals surface area contributed by atoms with Gasteiger partial charge in [-0.1, -0.05) is 52.2 Å². The second-order valence-corrected chi connectivity index (χ2v) is 12.7. The van der Waals surface area contributed by atoms with Gasteiger partial charge in [0, 0.05) is 42.3 Å². The van der Waals surface area contributed by atoms with E-state index in [0.29, 0.717) is 24.3 Å². The van der Waals surface area contributed by atoms with Crippen LogP contribution in [0.4, 0.5) is 23.7 Å². The van der Waals surface area contributed by atoms with E-state index in [4.69, 9.17) is 9.84 Å². The zero-order valence-corrected chi connectivity index (χ0v) is 24.9. The molecular formula is C32H40F3N3O5. The van der Waals surface area contributed by atoms with Crippen molar-refractivity contribution >= 4 is 23.6 Å². The molecule has 1 saturated heterocycles. The molecule has 2 aromatic carbocycles. The Kier molecular flexibility index (Phi) is 9.61. The summed E-state index contributed by atoms with van der Waals surface area (Å²) in [5.74, 6) is -1.29. The number of aliphatic carboxylic acids is 1. The fourth-order valence-corrected chi connectivity index (χ4v) is 6.73. The van der Waals surface area contributed by atoms with E-state index >= 15 is 0 Å². The molecule has 0 bridgehead atoms. The molecule has 8 nitrogen and oxygen atoms in total. The minimum Gasteiger partial charge on any atom is -0.484 e. The summed E-state index contributed by atoms with van der Waals surface area (Å²) >= 11 is 0. The Labute approximate surface area is 250 Å². The average molecular weight is 604 g/mol. The molecule has 2 aliphatic rings. The van der Waals surface area contributed by atoms with Crippen molar-refractivity contribution in [2.75, 3.05) is 24.6 Å². The molecule has 2 aromatic rings. The third-order valence-corrected chi connectivity index (χ3v) is 8.26. The van der Waals surface area contributed by atoms with E-state index in [-0.39, 0.29) is 47.5 Å². The topological polar surface area (TPSA) is 99.2 Å². The molecule has 43 heavy (non-hydrogen) atoms. The number of carboxylic acids is 1. The summed E-state index contributed by atoms with van der Waals surface area (Å²) in [6, 6.07) is 12.9. The normalized spacial score (nSPS) is 18.9. The van der Waals surface area contributed by atoms with E-state index in [1.807, 2.05) is 4.90 Å². The number of ether oxygens (including phenoxy) is 1. The maximum absolute atomic E-state index is 14.3. The molecule has 2 N–H and O–H groups in total. The summed E-state index contributed by atoms with van der Waals surface area (Å²) in [5.41, 5.74) is 1.41. The number of anilines is 1. The number of carbonyl (C=O) groups excluding carboxylic acids is 2. The Morgan fingerprint density at radius 2 is 1.63 bits per heavy atom. The molecule has 1 heterocycles. The van der Waals surface area contributed by atoms with Gasteiger partial charge in [0.15, 0.2) is 6.61 Å². The maximum Gasteiger partial charge on any atom is 0.422 e. The van der Waals surface area contributed by atoms with Crippen LogP contribution in [0, 0.1) is 10.8 Å². The molecule has 1 saturated carbocycles. The van der Waals surface area contributed by atoms with Gasteiger partial charge >= 0.3 is 18.2 Å². The van der Waals surface area contributed by atoms with E-state index < -0.39 is 18.8 Å². The molecule has 4 rings (SSSR count). The molecule has 234 valence electrons. The first-order chi connectivity index (χ1) is 20.2. The van der Waals surface area contributed by atoms with Gasteiger partial charge < -0.3 is 20.1 Å². The fraction of sp³-hybridized carbons (Fsp3) is 0.531. The van der Waals surface area contributed by atoms with Crippen molar-refractivity contribution in [3.05, 3.63) is 59.7 Å². The molecule has 2 fully saturated rings. The number of nitrogens with one attached hydrogen (secondary N) is 1. The number of alkyl halides is 3. The zero-order valence-electron chi connectivity index (χ0n) is 24.9. The molecule has 1 atom stereocenters. The number of benzene rings is 2. The van der Waals surface area contributed by atoms with Crippen LogP contribution in [0.1, 0.15) is 75.2 Å². The first-order valence-corrected chi connectivity index (χ1v) is 14.7. The smallest absolute Gasteiger partial charge is 0.422 e. The van der Waals surface area contributed by atoms with Crippen molar-refractivity contribution in [2.24, 2.45) is 10.8 Å². The Morgan fingerprint density at radius 1 is 1.00 bits per heavy atom. The van der Waals surface area contributed by atoms with Crippen molar-refractivity contribution in [1.82, 2.24) is 10.2 Å². The number of nitrogens with zero attached hydrogens (tertiary/aromatic N) is 2. The Balaban J connectivity index is 1.61. The number of hydrogen-bond donors (Lipinski definition) is 2. The van der Waals surface area contributed by atoms with E-state index in [1.54, 1.807) is 41.3 Å². The Hall–Kier alpha value is -3.76. The van der Waals surface area contributed by atoms with E-state index in [1.165, 1.54) is 12.1 Å². The lowest BCUT2D eigenvalue weighted by atomic mass is 9.60. The van der Waals surface area contributed by atoms with Crippen LogP contribution >= 0.6 is 0 Å². The van der Waals surface area contributed by atoms with Gasteiger partial charge in [-0.3, -0.25) is 14.5 Å². The van der Waals surface area contributed by atoms with Crippen LogP contribution in [0.3, 0.4) is 0 Å². The molecule has 1 spiro atoms. The highest BCUT2D eigenvalue weighted by atomic mass is 19.4. The van der Waals surface area contributed by atoms with Gasteiger partial charge in [0.05, 0.1) is 6.42 Å². The molecule has 0 aromatic heterocycles. The van der Waals surface area contributed by atoms with Crippen molar-refractivity contribution in [2.45, 2.75) is 78.1 Å². The third-order valence-electron chi connectivity index (χ3n) is 8.26. The summed E-state index contributed by atoms with van der Waals surface area (Å²) in [5, 5.41) is 11.4. The molecular weight excluding hydrogens is 563 g/mol. The van der Waals surface area contributed by atoms with Crippen LogP contribution < -0.4 is 15.0 Å². The largest absolute Gasteiger partial charge is 0.484 e. The van der Waals surface area contributed by atoms with Gasteiger partial charge in [0.2, 0.25) is 0 Å². The zero-order chi connectivity index (χ0) is 31.4. The number of carbonyl (C=O) groups is 3. The fourth-order valence-electron chi connectivity index (χ4n) is 6.73. The lowest BCUT2D eigenvalue weighted by Crippen LogP contribution is -2.68. The standard InChI is InChI=1S/C32H40F3N3O5/c1-30(2,3)28-31(16-5-4-6-17-31)20-38(24-11-13-25(14-12-24)43-21-32(33,34)35)29(42)37(28)19-22-7-9-23(10-8-22)27(41)36-18-15-26(39)40/h7-14,28H,4-6,15-21H2,1-3H3,(H,36,41)(H,39,40). The SMILES string of the molecule is CC(C)(C)C1N(Cc2ccc(C(=O)NCCC(=O)O)cc2)C(=O)N(c2ccc(OCC(F)(F)F)cc2)CC12CCCCC2. The molecule has 1 aliphatic carbocycles. The van der Waals surface area contributed by atoms with Crippen molar-refractivity contribution in [3.8, 4) is 5.75 Å². The first kappa shape index (κ1) is 32.2. The molecule has 11 heteroatoms. The van der Waals surface area contributed by atoms with E-state index in [0.717, 1.165) is 37.7 Å². The molecule has 1 unspecified atom stereocenters. The average Bonchev–Trinajstić information content (AvgIpc) is 2.93. The number of rotatable bonds is 9. The highest BCUT2D eigenvalue weighted by Gasteiger charge is 2.55. The quantitative estimate of drug-likeness (QED) is 0.335. The summed E-state index contributed by atoms with van der Waals surface area (Å²) < 4.78 is 42.8. The lowest BCUT2D eigenvalue weighted by molar-refractivity contribution is -0.153. The number of carboxylic acid groups (broad SMARTS) is 1. The maximum atomic E-state index is 14.3. The summed E-state index contributed by atoms with van der Waals surface area (Å²) in [6.45, 7) is 5.93. The predicted molar refractivity (Wildman–Crippen MR) is 156 cm³/mol. The summed E-state index contributed by atoms with van der Waals surface area (Å²) in [7, 11) is 0. The van der Waals surface area contributed by atoms with Crippen molar-refractivity contribution in [1.29, 1.82) is 0 Å². The number of halogens is 3. The van der Waals surface area contributed by atoms with Gasteiger partial charge in [0.1, 0.15) is 5.75 Å². The number of amides is 3. The summed E-state index contributed by atoms with van der Waals surface area (Å²) in [6.07, 6.45) is 0.537. The first-order valence-electron chi connectivity index (χ1n) is 14.7. The number of urea groups is 1. The number of hydrogen-bond acceptors (Lipinski definition) is 4. The Bertz CT molecular complexity index is 1280. The van der Waals surface area contributed by atoms with Crippen LogP contribution in [0.15, 0.2) is 48.5 Å². The van der Waals surface area contributed by atoms with Gasteiger partial charge in [-0.25, -0.2) is 4.79 Å². The van der Waals surface area contributed by atoms with Crippen LogP contribution in [-0.2, 0) is 11.3 Å². The summed E-state index contributed by atoms with van der Waals surface area (Å²) in [4.78, 5) is 41.1. The molecule has 3 amide bonds. The molecule has 1 aliphatic heterocycles. The highest BCUT2D eigenvalue weighted by molar-refractivity contribution is 5.95. The van der Waals surface area contributed by atoms with Crippen LogP contribution in [-0.4, -0.2) is 59.8 Å². The minimum absolute atomic E-state index is 0.0266. The monoisotopic (exact) mass is 603 g/mol. The minimum atomic E-state index is -4.44. The van der Waals surface area contributed by atoms with Crippen LogP contribution in [0.2, 0.25) is 0 Å². The van der Waals surface area contributed by atoms with Gasteiger partial charge in [-0.05, 0) is 60.2 Å². The Morgan fingerprint density at radius 3 is 2.19 bits per heavy atom. The van der Waals surface area contributed by atoms with Crippen molar-refractivity contribution in [3.63, 3.8) is 0 Å². The second kappa shape index (κ2) is 12.9.